The first-order valence-electron chi connectivity index (χ1n) is 8.68. The van der Waals surface area contributed by atoms with Crippen molar-refractivity contribution in [2.75, 3.05) is 26.9 Å². The topological polar surface area (TPSA) is 90.0 Å². The van der Waals surface area contributed by atoms with E-state index in [9.17, 15) is 19.2 Å². The standard InChI is InChI=1S/C21H19NO6/c1-13-3-5-14(6-4-13)18(23)12-28-21(26)15-7-8-16-17(11-15)20(25)22(19(16)24)9-10-27-2/h3-8,11H,9-10,12H2,1-2H3. The van der Waals surface area contributed by atoms with Crippen LogP contribution < -0.4 is 0 Å². The SMILES string of the molecule is COCCN1C(=O)c2ccc(C(=O)OCC(=O)c3ccc(C)cc3)cc2C1=O. The lowest BCUT2D eigenvalue weighted by molar-refractivity contribution is 0.0474. The lowest BCUT2D eigenvalue weighted by Crippen LogP contribution is -2.32. The van der Waals surface area contributed by atoms with Crippen LogP contribution in [0.15, 0.2) is 42.5 Å². The van der Waals surface area contributed by atoms with E-state index in [2.05, 4.69) is 0 Å². The number of benzene rings is 2. The molecule has 0 bridgehead atoms. The summed E-state index contributed by atoms with van der Waals surface area (Å²) in [7, 11) is 1.48. The fourth-order valence-electron chi connectivity index (χ4n) is 2.84. The van der Waals surface area contributed by atoms with Gasteiger partial charge in [-0.2, -0.15) is 0 Å². The minimum atomic E-state index is -0.737. The molecular weight excluding hydrogens is 362 g/mol. The zero-order valence-corrected chi connectivity index (χ0v) is 15.6. The largest absolute Gasteiger partial charge is 0.454 e. The number of fused-ring (bicyclic) bond motifs is 1. The van der Waals surface area contributed by atoms with Crippen molar-refractivity contribution in [1.29, 1.82) is 0 Å². The summed E-state index contributed by atoms with van der Waals surface area (Å²) in [5.74, 6) is -1.97. The van der Waals surface area contributed by atoms with Gasteiger partial charge in [0.15, 0.2) is 12.4 Å². The number of methoxy groups -OCH3 is 1. The molecular formula is C21H19NO6. The van der Waals surface area contributed by atoms with Crippen molar-refractivity contribution in [1.82, 2.24) is 4.90 Å². The average molecular weight is 381 g/mol. The van der Waals surface area contributed by atoms with Crippen molar-refractivity contribution in [2.45, 2.75) is 6.92 Å². The predicted molar refractivity (Wildman–Crippen MR) is 99.5 cm³/mol. The summed E-state index contributed by atoms with van der Waals surface area (Å²) < 4.78 is 9.98. The number of carbonyl (C=O) groups excluding carboxylic acids is 4. The second-order valence-corrected chi connectivity index (χ2v) is 6.38. The quantitative estimate of drug-likeness (QED) is 0.415. The van der Waals surface area contributed by atoms with Crippen LogP contribution in [-0.4, -0.2) is 55.3 Å². The summed E-state index contributed by atoms with van der Waals surface area (Å²) in [5, 5.41) is 0. The molecule has 0 aliphatic carbocycles. The number of hydrogen-bond acceptors (Lipinski definition) is 6. The lowest BCUT2D eigenvalue weighted by Gasteiger charge is -2.12. The molecule has 2 aromatic rings. The Morgan fingerprint density at radius 2 is 1.57 bits per heavy atom. The normalized spacial score (nSPS) is 12.9. The summed E-state index contributed by atoms with van der Waals surface area (Å²) >= 11 is 0. The molecule has 0 unspecified atom stereocenters. The van der Waals surface area contributed by atoms with E-state index in [0.29, 0.717) is 5.56 Å². The van der Waals surface area contributed by atoms with Crippen molar-refractivity contribution in [2.24, 2.45) is 0 Å². The predicted octanol–water partition coefficient (Wildman–Crippen LogP) is 2.28. The fraction of sp³-hybridized carbons (Fsp3) is 0.238. The van der Waals surface area contributed by atoms with Crippen LogP contribution in [0.3, 0.4) is 0 Å². The van der Waals surface area contributed by atoms with E-state index in [4.69, 9.17) is 9.47 Å². The van der Waals surface area contributed by atoms with Gasteiger partial charge >= 0.3 is 5.97 Å². The molecule has 7 heteroatoms. The van der Waals surface area contributed by atoms with Gasteiger partial charge in [-0.1, -0.05) is 29.8 Å². The highest BCUT2D eigenvalue weighted by Gasteiger charge is 2.35. The van der Waals surface area contributed by atoms with Gasteiger partial charge in [-0.3, -0.25) is 19.3 Å². The highest BCUT2D eigenvalue weighted by molar-refractivity contribution is 6.22. The Labute approximate surface area is 161 Å². The van der Waals surface area contributed by atoms with Gasteiger partial charge in [-0.05, 0) is 25.1 Å². The second kappa shape index (κ2) is 8.14. The van der Waals surface area contributed by atoms with Gasteiger partial charge in [0, 0.05) is 12.7 Å². The number of Topliss-reactive ketones (excluding diaryl/α,β-unsaturated/α-hetero) is 1. The van der Waals surface area contributed by atoms with E-state index in [0.717, 1.165) is 10.5 Å². The van der Waals surface area contributed by atoms with E-state index in [1.807, 2.05) is 6.92 Å². The van der Waals surface area contributed by atoms with Gasteiger partial charge in [-0.25, -0.2) is 4.79 Å². The molecule has 0 radical (unpaired) electrons. The van der Waals surface area contributed by atoms with Crippen LogP contribution >= 0.6 is 0 Å². The third-order valence-electron chi connectivity index (χ3n) is 4.43. The van der Waals surface area contributed by atoms with Crippen LogP contribution in [0.5, 0.6) is 0 Å². The van der Waals surface area contributed by atoms with E-state index in [1.165, 1.54) is 25.3 Å². The molecule has 1 heterocycles. The average Bonchev–Trinajstić information content (AvgIpc) is 2.94. The first-order valence-corrected chi connectivity index (χ1v) is 8.68. The Bertz CT molecular complexity index is 948. The Hall–Kier alpha value is -3.32. The van der Waals surface area contributed by atoms with Crippen LogP contribution in [0.2, 0.25) is 0 Å². The number of carbonyl (C=O) groups is 4. The Kier molecular flexibility index (Phi) is 5.65. The highest BCUT2D eigenvalue weighted by atomic mass is 16.5. The number of rotatable bonds is 7. The van der Waals surface area contributed by atoms with Crippen molar-refractivity contribution in [3.63, 3.8) is 0 Å². The van der Waals surface area contributed by atoms with Crippen molar-refractivity contribution >= 4 is 23.6 Å². The van der Waals surface area contributed by atoms with Gasteiger partial charge in [0.2, 0.25) is 0 Å². The number of ketones is 1. The van der Waals surface area contributed by atoms with Crippen LogP contribution in [-0.2, 0) is 9.47 Å². The van der Waals surface area contributed by atoms with E-state index >= 15 is 0 Å². The fourth-order valence-corrected chi connectivity index (χ4v) is 2.84. The number of hydrogen-bond donors (Lipinski definition) is 0. The van der Waals surface area contributed by atoms with Crippen molar-refractivity contribution in [3.05, 3.63) is 70.3 Å². The molecule has 2 aromatic carbocycles. The number of imide groups is 1. The number of nitrogens with zero attached hydrogens (tertiary/aromatic N) is 1. The first kappa shape index (κ1) is 19.4. The molecule has 0 N–H and O–H groups in total. The summed E-state index contributed by atoms with van der Waals surface area (Å²) in [5.41, 5.74) is 1.94. The molecule has 0 saturated heterocycles. The molecule has 0 atom stereocenters. The third kappa shape index (κ3) is 3.84. The second-order valence-electron chi connectivity index (χ2n) is 6.38. The number of esters is 1. The van der Waals surface area contributed by atoms with Crippen LogP contribution in [0.1, 0.15) is 47.0 Å². The first-order chi connectivity index (χ1) is 13.4. The van der Waals surface area contributed by atoms with Crippen LogP contribution in [0.25, 0.3) is 0 Å². The zero-order chi connectivity index (χ0) is 20.3. The monoisotopic (exact) mass is 381 g/mol. The zero-order valence-electron chi connectivity index (χ0n) is 15.6. The minimum absolute atomic E-state index is 0.102. The summed E-state index contributed by atoms with van der Waals surface area (Å²) in [4.78, 5) is 50.2. The smallest absolute Gasteiger partial charge is 0.338 e. The molecule has 1 aliphatic rings. The molecule has 7 nitrogen and oxygen atoms in total. The maximum Gasteiger partial charge on any atom is 0.338 e. The maximum absolute atomic E-state index is 12.4. The molecule has 0 spiro atoms. The van der Waals surface area contributed by atoms with E-state index in [-0.39, 0.29) is 35.6 Å². The summed E-state index contributed by atoms with van der Waals surface area (Å²) in [6.07, 6.45) is 0. The molecule has 144 valence electrons. The van der Waals surface area contributed by atoms with Gasteiger partial charge in [0.1, 0.15) is 0 Å². The van der Waals surface area contributed by atoms with Crippen molar-refractivity contribution in [3.8, 4) is 0 Å². The van der Waals surface area contributed by atoms with Crippen LogP contribution in [0, 0.1) is 6.92 Å². The maximum atomic E-state index is 12.4. The van der Waals surface area contributed by atoms with Gasteiger partial charge in [0.25, 0.3) is 11.8 Å². The van der Waals surface area contributed by atoms with E-state index in [1.54, 1.807) is 24.3 Å². The molecule has 0 saturated carbocycles. The van der Waals surface area contributed by atoms with Crippen molar-refractivity contribution < 1.29 is 28.7 Å². The molecule has 0 aromatic heterocycles. The van der Waals surface area contributed by atoms with Crippen LogP contribution in [0.4, 0.5) is 0 Å². The molecule has 0 fully saturated rings. The Balaban J connectivity index is 1.68. The van der Waals surface area contributed by atoms with Gasteiger partial charge in [-0.15, -0.1) is 0 Å². The lowest BCUT2D eigenvalue weighted by atomic mass is 10.1. The molecule has 28 heavy (non-hydrogen) atoms. The Morgan fingerprint density at radius 3 is 2.25 bits per heavy atom. The van der Waals surface area contributed by atoms with Gasteiger partial charge < -0.3 is 9.47 Å². The number of ether oxygens (including phenoxy) is 2. The molecule has 2 amide bonds. The number of amides is 2. The highest BCUT2D eigenvalue weighted by Crippen LogP contribution is 2.24. The third-order valence-corrected chi connectivity index (χ3v) is 4.43. The summed E-state index contributed by atoms with van der Waals surface area (Å²) in [6, 6.07) is 11.1. The minimum Gasteiger partial charge on any atom is -0.454 e. The Morgan fingerprint density at radius 1 is 0.929 bits per heavy atom. The number of aryl methyl sites for hydroxylation is 1. The molecule has 1 aliphatic heterocycles. The summed E-state index contributed by atoms with van der Waals surface area (Å²) in [6.45, 7) is 1.85. The molecule has 3 rings (SSSR count). The van der Waals surface area contributed by atoms with E-state index < -0.39 is 24.4 Å². The van der Waals surface area contributed by atoms with Gasteiger partial charge in [0.05, 0.1) is 29.8 Å².